The van der Waals surface area contributed by atoms with Crippen molar-refractivity contribution < 1.29 is 9.32 Å². The first-order chi connectivity index (χ1) is 9.70. The third-order valence-corrected chi connectivity index (χ3v) is 8.99. The van der Waals surface area contributed by atoms with Crippen LogP contribution in [0.5, 0.6) is 0 Å². The molecule has 21 heavy (non-hydrogen) atoms. The van der Waals surface area contributed by atoms with E-state index in [-0.39, 0.29) is 25.3 Å². The summed E-state index contributed by atoms with van der Waals surface area (Å²) in [5.41, 5.74) is -0.502. The maximum atomic E-state index is 12.9. The minimum atomic E-state index is -0.417. The van der Waals surface area contributed by atoms with E-state index in [0.717, 1.165) is 12.8 Å². The summed E-state index contributed by atoms with van der Waals surface area (Å²) in [6.07, 6.45) is 1.87. The van der Waals surface area contributed by atoms with Crippen molar-refractivity contribution in [3.8, 4) is 0 Å². The van der Waals surface area contributed by atoms with Gasteiger partial charge in [0.05, 0.1) is 9.15 Å². The SMILES string of the molecule is Cc1cc(NC(=O)C23CCC(C(Br)Br)(C2Br)C3(C)C)no1. The molecule has 2 bridgehead atoms. The number of fused-ring (bicyclic) bond motifs is 1. The maximum absolute atomic E-state index is 12.9. The van der Waals surface area contributed by atoms with Crippen LogP contribution in [0.2, 0.25) is 0 Å². The molecule has 3 aliphatic rings. The molecule has 0 radical (unpaired) electrons. The number of hydrogen-bond donors (Lipinski definition) is 1. The monoisotopic (exact) mass is 482 g/mol. The van der Waals surface area contributed by atoms with E-state index in [1.165, 1.54) is 0 Å². The molecule has 0 aliphatic heterocycles. The third-order valence-electron chi connectivity index (χ3n) is 5.76. The van der Waals surface area contributed by atoms with E-state index in [0.29, 0.717) is 11.6 Å². The van der Waals surface area contributed by atoms with Crippen LogP contribution in [0.4, 0.5) is 5.82 Å². The Morgan fingerprint density at radius 2 is 2.14 bits per heavy atom. The zero-order chi connectivity index (χ0) is 15.6. The fourth-order valence-electron chi connectivity index (χ4n) is 4.35. The number of halogens is 3. The van der Waals surface area contributed by atoms with Crippen LogP contribution in [-0.2, 0) is 4.79 Å². The van der Waals surface area contributed by atoms with Crippen molar-refractivity contribution in [2.75, 3.05) is 5.32 Å². The zero-order valence-corrected chi connectivity index (χ0v) is 16.8. The molecule has 3 fully saturated rings. The lowest BCUT2D eigenvalue weighted by atomic mass is 9.43. The van der Waals surface area contributed by atoms with Gasteiger partial charge in [0.15, 0.2) is 5.82 Å². The van der Waals surface area contributed by atoms with Gasteiger partial charge in [-0.05, 0) is 25.2 Å². The Hall–Kier alpha value is 0.120. The lowest BCUT2D eigenvalue weighted by molar-refractivity contribution is -0.155. The number of nitrogens with one attached hydrogen (secondary N) is 1. The highest BCUT2D eigenvalue weighted by Gasteiger charge is 2.83. The van der Waals surface area contributed by atoms with Crippen LogP contribution in [0.15, 0.2) is 10.6 Å². The maximum Gasteiger partial charge on any atom is 0.233 e. The van der Waals surface area contributed by atoms with Crippen LogP contribution in [0.3, 0.4) is 0 Å². The molecule has 3 aliphatic carbocycles. The second-order valence-electron chi connectivity index (χ2n) is 6.58. The summed E-state index contributed by atoms with van der Waals surface area (Å²) < 4.78 is 5.19. The van der Waals surface area contributed by atoms with E-state index in [4.69, 9.17) is 4.52 Å². The van der Waals surface area contributed by atoms with Crippen molar-refractivity contribution in [3.05, 3.63) is 11.8 Å². The molecule has 1 aromatic heterocycles. The molecular formula is C14H17Br3N2O2. The molecule has 0 spiro atoms. The number of rotatable bonds is 3. The van der Waals surface area contributed by atoms with Gasteiger partial charge in [-0.15, -0.1) is 0 Å². The topological polar surface area (TPSA) is 55.1 Å². The van der Waals surface area contributed by atoms with E-state index in [2.05, 4.69) is 72.1 Å². The second kappa shape index (κ2) is 4.81. The lowest BCUT2D eigenvalue weighted by Gasteiger charge is -2.66. The van der Waals surface area contributed by atoms with Gasteiger partial charge in [0.25, 0.3) is 0 Å². The standard InChI is InChI=1S/C14H17Br3N2O2/c1-7-6-8(19-21-7)18-11(20)14-5-4-13(9(14)15,10(16)17)12(14,2)3/h6,9-10H,4-5H2,1-3H3,(H,18,19,20). The van der Waals surface area contributed by atoms with E-state index in [1.54, 1.807) is 6.07 Å². The van der Waals surface area contributed by atoms with Gasteiger partial charge in [-0.25, -0.2) is 0 Å². The lowest BCUT2D eigenvalue weighted by Crippen LogP contribution is -2.71. The summed E-state index contributed by atoms with van der Waals surface area (Å²) >= 11 is 11.2. The molecule has 1 amide bonds. The molecule has 1 aromatic rings. The minimum Gasteiger partial charge on any atom is -0.360 e. The van der Waals surface area contributed by atoms with E-state index in [9.17, 15) is 4.79 Å². The normalized spacial score (nSPS) is 36.6. The van der Waals surface area contributed by atoms with E-state index in [1.807, 2.05) is 6.92 Å². The van der Waals surface area contributed by atoms with Gasteiger partial charge in [0.1, 0.15) is 5.76 Å². The van der Waals surface area contributed by atoms with Crippen molar-refractivity contribution >= 4 is 59.5 Å². The fourth-order valence-corrected chi connectivity index (χ4v) is 9.27. The number of amides is 1. The van der Waals surface area contributed by atoms with Crippen LogP contribution >= 0.6 is 47.8 Å². The summed E-state index contributed by atoms with van der Waals surface area (Å²) in [6.45, 7) is 6.17. The average molecular weight is 485 g/mol. The van der Waals surface area contributed by atoms with Gasteiger partial charge < -0.3 is 9.84 Å². The first kappa shape index (κ1) is 16.0. The van der Waals surface area contributed by atoms with E-state index < -0.39 is 5.41 Å². The average Bonchev–Trinajstić information content (AvgIpc) is 2.99. The van der Waals surface area contributed by atoms with Gasteiger partial charge in [-0.1, -0.05) is 66.8 Å². The fraction of sp³-hybridized carbons (Fsp3) is 0.714. The number of alkyl halides is 3. The van der Waals surface area contributed by atoms with Crippen LogP contribution in [0.25, 0.3) is 0 Å². The largest absolute Gasteiger partial charge is 0.360 e. The highest BCUT2D eigenvalue weighted by atomic mass is 79.9. The molecule has 4 rings (SSSR count). The van der Waals surface area contributed by atoms with Crippen molar-refractivity contribution in [1.82, 2.24) is 5.16 Å². The first-order valence-corrected chi connectivity index (χ1v) is 9.62. The summed E-state index contributed by atoms with van der Waals surface area (Å²) in [5, 5.41) is 6.78. The van der Waals surface area contributed by atoms with Crippen molar-refractivity contribution in [2.24, 2.45) is 16.2 Å². The van der Waals surface area contributed by atoms with Crippen LogP contribution < -0.4 is 5.32 Å². The molecule has 116 valence electrons. The zero-order valence-electron chi connectivity index (χ0n) is 12.0. The molecule has 4 nitrogen and oxygen atoms in total. The predicted molar refractivity (Wildman–Crippen MR) is 92.1 cm³/mol. The van der Waals surface area contributed by atoms with Crippen LogP contribution in [0.1, 0.15) is 32.4 Å². The number of anilines is 1. The minimum absolute atomic E-state index is 0.0245. The van der Waals surface area contributed by atoms with Gasteiger partial charge in [0.2, 0.25) is 5.91 Å². The van der Waals surface area contributed by atoms with Gasteiger partial charge in [-0.3, -0.25) is 4.79 Å². The van der Waals surface area contributed by atoms with E-state index >= 15 is 0 Å². The van der Waals surface area contributed by atoms with Gasteiger partial charge in [0, 0.05) is 16.3 Å². The van der Waals surface area contributed by atoms with Crippen LogP contribution in [0, 0.1) is 23.2 Å². The smallest absolute Gasteiger partial charge is 0.233 e. The Balaban J connectivity index is 1.91. The molecule has 1 heterocycles. The summed E-state index contributed by atoms with van der Waals surface area (Å²) in [6, 6.07) is 1.74. The first-order valence-electron chi connectivity index (χ1n) is 6.87. The summed E-state index contributed by atoms with van der Waals surface area (Å²) in [5.74, 6) is 1.20. The molecule has 3 unspecified atom stereocenters. The third kappa shape index (κ3) is 1.71. The quantitative estimate of drug-likeness (QED) is 0.637. The predicted octanol–water partition coefficient (Wildman–Crippen LogP) is 4.61. The summed E-state index contributed by atoms with van der Waals surface area (Å²) in [7, 11) is 0. The van der Waals surface area contributed by atoms with Crippen molar-refractivity contribution in [1.29, 1.82) is 0 Å². The molecular weight excluding hydrogens is 468 g/mol. The van der Waals surface area contributed by atoms with Gasteiger partial charge >= 0.3 is 0 Å². The second-order valence-corrected chi connectivity index (χ2v) is 10.6. The highest BCUT2D eigenvalue weighted by Crippen LogP contribution is 2.82. The highest BCUT2D eigenvalue weighted by molar-refractivity contribution is 9.24. The number of nitrogens with zero attached hydrogens (tertiary/aromatic N) is 1. The number of hydrogen-bond acceptors (Lipinski definition) is 3. The number of aryl methyl sites for hydroxylation is 1. The summed E-state index contributed by atoms with van der Waals surface area (Å²) in [4.78, 5) is 13.1. The van der Waals surface area contributed by atoms with Crippen molar-refractivity contribution in [2.45, 2.75) is 42.2 Å². The molecule has 7 heteroatoms. The molecule has 3 saturated carbocycles. The number of carbonyl (C=O) groups is 1. The molecule has 0 aromatic carbocycles. The Kier molecular flexibility index (Phi) is 3.66. The molecule has 0 saturated heterocycles. The van der Waals surface area contributed by atoms with Gasteiger partial charge in [-0.2, -0.15) is 0 Å². The Morgan fingerprint density at radius 1 is 1.48 bits per heavy atom. The van der Waals surface area contributed by atoms with Crippen LogP contribution in [-0.4, -0.2) is 19.6 Å². The Labute approximate surface area is 149 Å². The Bertz CT molecular complexity index is 601. The Morgan fingerprint density at radius 3 is 2.57 bits per heavy atom. The number of aromatic nitrogens is 1. The number of carbonyl (C=O) groups excluding carboxylic acids is 1. The molecule has 3 atom stereocenters. The van der Waals surface area contributed by atoms with Crippen molar-refractivity contribution in [3.63, 3.8) is 0 Å². The molecule has 1 N–H and O–H groups in total.